The average molecular weight is 390 g/mol. The Morgan fingerprint density at radius 2 is 1.77 bits per heavy atom. The van der Waals surface area contributed by atoms with Gasteiger partial charge in [0.15, 0.2) is 5.78 Å². The van der Waals surface area contributed by atoms with E-state index in [-0.39, 0.29) is 23.6 Å². The minimum absolute atomic E-state index is 0.00104. The van der Waals surface area contributed by atoms with Gasteiger partial charge in [0, 0.05) is 16.1 Å². The van der Waals surface area contributed by atoms with E-state index < -0.39 is 11.8 Å². The molecule has 26 heavy (non-hydrogen) atoms. The van der Waals surface area contributed by atoms with Gasteiger partial charge in [-0.25, -0.2) is 4.79 Å². The van der Waals surface area contributed by atoms with Crippen LogP contribution in [0.15, 0.2) is 53.1 Å². The van der Waals surface area contributed by atoms with Crippen LogP contribution in [0.3, 0.4) is 0 Å². The van der Waals surface area contributed by atoms with Gasteiger partial charge in [-0.15, -0.1) is 0 Å². The van der Waals surface area contributed by atoms with Crippen LogP contribution in [-0.4, -0.2) is 23.5 Å². The lowest BCUT2D eigenvalue weighted by atomic mass is 9.98. The Morgan fingerprint density at radius 1 is 1.08 bits per heavy atom. The molecule has 0 bridgehead atoms. The number of carbonyl (C=O) groups excluding carboxylic acids is 2. The lowest BCUT2D eigenvalue weighted by molar-refractivity contribution is 0.0476. The number of hydrogen-bond acceptors (Lipinski definition) is 5. The van der Waals surface area contributed by atoms with Crippen LogP contribution in [0.1, 0.15) is 33.4 Å². The van der Waals surface area contributed by atoms with Crippen molar-refractivity contribution in [1.82, 2.24) is 5.16 Å². The van der Waals surface area contributed by atoms with Gasteiger partial charge in [-0.1, -0.05) is 46.6 Å². The van der Waals surface area contributed by atoms with E-state index in [0.29, 0.717) is 21.2 Å². The summed E-state index contributed by atoms with van der Waals surface area (Å²) >= 11 is 12.1. The molecular weight excluding hydrogens is 377 g/mol. The molecule has 0 saturated heterocycles. The van der Waals surface area contributed by atoms with E-state index in [4.69, 9.17) is 32.5 Å². The second kappa shape index (κ2) is 7.72. The lowest BCUT2D eigenvalue weighted by Gasteiger charge is -2.05. The summed E-state index contributed by atoms with van der Waals surface area (Å²) in [5.41, 5.74) is 0.986. The summed E-state index contributed by atoms with van der Waals surface area (Å²) in [6.45, 7) is 1.79. The standard InChI is InChI=1S/C19H13Cl2NO4/c1-2-25-19(24)18-15(17(23)11-7-9-12(20)10-8-11)16(22-26-18)13-5-3-4-6-14(13)21/h3-10H,2H2,1H3. The summed E-state index contributed by atoms with van der Waals surface area (Å²) in [6, 6.07) is 13.1. The molecule has 0 aliphatic carbocycles. The van der Waals surface area contributed by atoms with Gasteiger partial charge >= 0.3 is 5.97 Å². The highest BCUT2D eigenvalue weighted by Crippen LogP contribution is 2.33. The second-order valence-electron chi connectivity index (χ2n) is 5.27. The first-order chi connectivity index (χ1) is 12.5. The Bertz CT molecular complexity index is 964. The molecule has 0 amide bonds. The SMILES string of the molecule is CCOC(=O)c1onc(-c2ccccc2Cl)c1C(=O)c1ccc(Cl)cc1. The van der Waals surface area contributed by atoms with Crippen molar-refractivity contribution in [2.45, 2.75) is 6.92 Å². The number of hydrogen-bond donors (Lipinski definition) is 0. The molecule has 0 atom stereocenters. The Hall–Kier alpha value is -2.63. The number of ether oxygens (including phenoxy) is 1. The van der Waals surface area contributed by atoms with Crippen LogP contribution >= 0.6 is 23.2 Å². The van der Waals surface area contributed by atoms with Gasteiger partial charge in [0.25, 0.3) is 5.76 Å². The number of aromatic nitrogens is 1. The van der Waals surface area contributed by atoms with Gasteiger partial charge in [-0.05, 0) is 37.3 Å². The molecule has 1 heterocycles. The molecule has 0 fully saturated rings. The molecule has 2 aromatic carbocycles. The van der Waals surface area contributed by atoms with E-state index in [0.717, 1.165) is 0 Å². The van der Waals surface area contributed by atoms with Gasteiger partial charge < -0.3 is 9.26 Å². The first-order valence-corrected chi connectivity index (χ1v) is 8.50. The van der Waals surface area contributed by atoms with Crippen molar-refractivity contribution in [1.29, 1.82) is 0 Å². The molecular formula is C19H13Cl2NO4. The summed E-state index contributed by atoms with van der Waals surface area (Å²) in [5.74, 6) is -1.47. The van der Waals surface area contributed by atoms with E-state index >= 15 is 0 Å². The largest absolute Gasteiger partial charge is 0.460 e. The fourth-order valence-corrected chi connectivity index (χ4v) is 2.77. The van der Waals surface area contributed by atoms with Crippen molar-refractivity contribution in [3.8, 4) is 11.3 Å². The highest BCUT2D eigenvalue weighted by molar-refractivity contribution is 6.33. The van der Waals surface area contributed by atoms with Crippen molar-refractivity contribution in [3.05, 3.63) is 75.5 Å². The molecule has 0 aliphatic heterocycles. The Balaban J connectivity index is 2.18. The fourth-order valence-electron chi connectivity index (χ4n) is 2.42. The molecule has 132 valence electrons. The van der Waals surface area contributed by atoms with Crippen molar-refractivity contribution in [2.24, 2.45) is 0 Å². The highest BCUT2D eigenvalue weighted by atomic mass is 35.5. The van der Waals surface area contributed by atoms with E-state index in [9.17, 15) is 9.59 Å². The molecule has 0 aliphatic rings. The van der Waals surface area contributed by atoms with Gasteiger partial charge in [0.2, 0.25) is 0 Å². The zero-order valence-electron chi connectivity index (χ0n) is 13.7. The summed E-state index contributed by atoms with van der Waals surface area (Å²) in [7, 11) is 0. The number of carbonyl (C=O) groups is 2. The molecule has 0 radical (unpaired) electrons. The predicted octanol–water partition coefficient (Wildman–Crippen LogP) is 5.06. The van der Waals surface area contributed by atoms with Gasteiger partial charge in [-0.2, -0.15) is 0 Å². The number of ketones is 1. The van der Waals surface area contributed by atoms with Gasteiger partial charge in [0.05, 0.1) is 11.6 Å². The van der Waals surface area contributed by atoms with Gasteiger partial charge in [-0.3, -0.25) is 4.79 Å². The maximum atomic E-state index is 13.1. The lowest BCUT2D eigenvalue weighted by Crippen LogP contribution is -2.11. The van der Waals surface area contributed by atoms with E-state index in [1.165, 1.54) is 0 Å². The number of benzene rings is 2. The Morgan fingerprint density at radius 3 is 2.42 bits per heavy atom. The maximum absolute atomic E-state index is 13.1. The molecule has 1 aromatic heterocycles. The van der Waals surface area contributed by atoms with Crippen LogP contribution in [0.5, 0.6) is 0 Å². The smallest absolute Gasteiger partial charge is 0.377 e. The second-order valence-corrected chi connectivity index (χ2v) is 6.12. The normalized spacial score (nSPS) is 10.6. The number of esters is 1. The van der Waals surface area contributed by atoms with E-state index in [1.807, 2.05) is 0 Å². The van der Waals surface area contributed by atoms with Crippen LogP contribution in [-0.2, 0) is 4.74 Å². The van der Waals surface area contributed by atoms with Crippen LogP contribution in [0.2, 0.25) is 10.0 Å². The first-order valence-electron chi connectivity index (χ1n) is 7.75. The Labute approximate surface area is 159 Å². The van der Waals surface area contributed by atoms with Crippen LogP contribution in [0.4, 0.5) is 0 Å². The molecule has 0 spiro atoms. The first kappa shape index (κ1) is 18.2. The third-order valence-electron chi connectivity index (χ3n) is 3.62. The summed E-state index contributed by atoms with van der Waals surface area (Å²) in [6.07, 6.45) is 0. The predicted molar refractivity (Wildman–Crippen MR) is 97.8 cm³/mol. The Kier molecular flexibility index (Phi) is 5.40. The third-order valence-corrected chi connectivity index (χ3v) is 4.20. The zero-order chi connectivity index (χ0) is 18.7. The van der Waals surface area contributed by atoms with Crippen molar-refractivity contribution in [2.75, 3.05) is 6.61 Å². The minimum atomic E-state index is -0.768. The van der Waals surface area contributed by atoms with Crippen LogP contribution in [0.25, 0.3) is 11.3 Å². The van der Waals surface area contributed by atoms with E-state index in [2.05, 4.69) is 5.16 Å². The molecule has 3 rings (SSSR count). The number of halogens is 2. The van der Waals surface area contributed by atoms with Crippen molar-refractivity contribution < 1.29 is 18.8 Å². The average Bonchev–Trinajstić information content (AvgIpc) is 3.07. The van der Waals surface area contributed by atoms with E-state index in [1.54, 1.807) is 55.5 Å². The quantitative estimate of drug-likeness (QED) is 0.450. The summed E-state index contributed by atoms with van der Waals surface area (Å²) in [5, 5.41) is 4.77. The van der Waals surface area contributed by atoms with Crippen LogP contribution < -0.4 is 0 Å². The molecule has 0 N–H and O–H groups in total. The summed E-state index contributed by atoms with van der Waals surface area (Å²) < 4.78 is 10.1. The minimum Gasteiger partial charge on any atom is -0.460 e. The molecule has 0 unspecified atom stereocenters. The monoisotopic (exact) mass is 389 g/mol. The highest BCUT2D eigenvalue weighted by Gasteiger charge is 2.30. The number of nitrogens with zero attached hydrogens (tertiary/aromatic N) is 1. The molecule has 0 saturated carbocycles. The van der Waals surface area contributed by atoms with Crippen molar-refractivity contribution in [3.63, 3.8) is 0 Å². The number of rotatable bonds is 5. The molecule has 7 heteroatoms. The zero-order valence-corrected chi connectivity index (χ0v) is 15.2. The summed E-state index contributed by atoms with van der Waals surface area (Å²) in [4.78, 5) is 25.3. The topological polar surface area (TPSA) is 69.4 Å². The third kappa shape index (κ3) is 3.49. The maximum Gasteiger partial charge on any atom is 0.377 e. The fraction of sp³-hybridized carbons (Fsp3) is 0.105. The molecule has 3 aromatic rings. The van der Waals surface area contributed by atoms with Crippen LogP contribution in [0, 0.1) is 0 Å². The van der Waals surface area contributed by atoms with Crippen molar-refractivity contribution >= 4 is 35.0 Å². The van der Waals surface area contributed by atoms with Gasteiger partial charge in [0.1, 0.15) is 11.3 Å². The molecule has 5 nitrogen and oxygen atoms in total.